The van der Waals surface area contributed by atoms with Crippen LogP contribution in [0.4, 0.5) is 14.8 Å². The Hall–Kier alpha value is -2.91. The Morgan fingerprint density at radius 2 is 2.00 bits per heavy atom. The summed E-state index contributed by atoms with van der Waals surface area (Å²) in [5.74, 6) is -1.11. The van der Waals surface area contributed by atoms with Crippen molar-refractivity contribution in [1.82, 2.24) is 15.2 Å². The quantitative estimate of drug-likeness (QED) is 0.620. The molecule has 1 aliphatic heterocycles. The minimum absolute atomic E-state index is 0.142. The van der Waals surface area contributed by atoms with Crippen molar-refractivity contribution in [3.63, 3.8) is 0 Å². The predicted octanol–water partition coefficient (Wildman–Crippen LogP) is 3.96. The fourth-order valence-corrected chi connectivity index (χ4v) is 6.58. The Morgan fingerprint density at radius 1 is 1.21 bits per heavy atom. The highest BCUT2D eigenvalue weighted by Crippen LogP contribution is 2.69. The van der Waals surface area contributed by atoms with Gasteiger partial charge in [0.25, 0.3) is 6.01 Å². The van der Waals surface area contributed by atoms with Crippen molar-refractivity contribution in [3.8, 4) is 11.3 Å². The zero-order chi connectivity index (χ0) is 23.7. The molecule has 178 valence electrons. The molecule has 6 rings (SSSR count). The van der Waals surface area contributed by atoms with Gasteiger partial charge in [-0.1, -0.05) is 19.9 Å². The summed E-state index contributed by atoms with van der Waals surface area (Å²) >= 11 is 0. The maximum Gasteiger partial charge on any atom is 0.297 e. The minimum atomic E-state index is -0.647. The molecule has 0 radical (unpaired) electrons. The fourth-order valence-electron chi connectivity index (χ4n) is 6.58. The van der Waals surface area contributed by atoms with E-state index in [4.69, 9.17) is 9.15 Å². The summed E-state index contributed by atoms with van der Waals surface area (Å²) in [7, 11) is 0. The molecule has 2 bridgehead atoms. The molecule has 3 heterocycles. The lowest BCUT2D eigenvalue weighted by Crippen LogP contribution is -2.56. The number of aliphatic hydroxyl groups is 1. The van der Waals surface area contributed by atoms with Crippen molar-refractivity contribution in [2.75, 3.05) is 24.6 Å². The van der Waals surface area contributed by atoms with Gasteiger partial charge in [0, 0.05) is 18.5 Å². The molecular formula is C25H26F2N4O3. The number of rotatable bonds is 4. The number of hydrogen-bond donors (Lipinski definition) is 1. The van der Waals surface area contributed by atoms with Crippen molar-refractivity contribution >= 4 is 6.01 Å². The van der Waals surface area contributed by atoms with Gasteiger partial charge in [0.1, 0.15) is 23.6 Å². The second-order valence-electron chi connectivity index (χ2n) is 10.00. The van der Waals surface area contributed by atoms with E-state index in [1.807, 2.05) is 11.0 Å². The molecule has 3 unspecified atom stereocenters. The lowest BCUT2D eigenvalue weighted by atomic mass is 9.64. The van der Waals surface area contributed by atoms with E-state index in [1.165, 1.54) is 24.5 Å². The smallest absolute Gasteiger partial charge is 0.297 e. The highest BCUT2D eigenvalue weighted by atomic mass is 19.1. The van der Waals surface area contributed by atoms with Crippen LogP contribution < -0.4 is 4.90 Å². The lowest BCUT2D eigenvalue weighted by molar-refractivity contribution is -0.0475. The van der Waals surface area contributed by atoms with Crippen LogP contribution in [0.5, 0.6) is 0 Å². The third kappa shape index (κ3) is 2.83. The first kappa shape index (κ1) is 21.6. The number of anilines is 1. The van der Waals surface area contributed by atoms with Gasteiger partial charge in [-0.25, -0.2) is 8.78 Å². The van der Waals surface area contributed by atoms with Gasteiger partial charge in [-0.05, 0) is 47.9 Å². The first-order chi connectivity index (χ1) is 16.4. The highest BCUT2D eigenvalue weighted by molar-refractivity contribution is 5.63. The number of fused-ring (bicyclic) bond motifs is 5. The van der Waals surface area contributed by atoms with Crippen molar-refractivity contribution in [1.29, 1.82) is 0 Å². The van der Waals surface area contributed by atoms with Gasteiger partial charge < -0.3 is 19.2 Å². The Kier molecular flexibility index (Phi) is 4.80. The summed E-state index contributed by atoms with van der Waals surface area (Å²) in [6.45, 7) is 5.98. The number of nitrogens with zero attached hydrogens (tertiary/aromatic N) is 4. The van der Waals surface area contributed by atoms with Crippen LogP contribution in [-0.2, 0) is 16.8 Å². The van der Waals surface area contributed by atoms with E-state index in [9.17, 15) is 13.9 Å². The maximum absolute atomic E-state index is 14.5. The van der Waals surface area contributed by atoms with E-state index in [2.05, 4.69) is 29.0 Å². The molecule has 2 fully saturated rings. The van der Waals surface area contributed by atoms with Crippen molar-refractivity contribution in [3.05, 3.63) is 59.1 Å². The Labute approximate surface area is 195 Å². The van der Waals surface area contributed by atoms with Crippen LogP contribution >= 0.6 is 0 Å². The fraction of sp³-hybridized carbons (Fsp3) is 0.480. The van der Waals surface area contributed by atoms with Gasteiger partial charge in [0.2, 0.25) is 0 Å². The molecule has 0 spiro atoms. The second-order valence-corrected chi connectivity index (χ2v) is 10.00. The topological polar surface area (TPSA) is 84.5 Å². The molecule has 34 heavy (non-hydrogen) atoms. The number of aliphatic hydroxyl groups excluding tert-OH is 1. The van der Waals surface area contributed by atoms with Crippen molar-refractivity contribution in [2.45, 2.75) is 50.7 Å². The number of oxazole rings is 1. The number of aromatic nitrogens is 3. The summed E-state index contributed by atoms with van der Waals surface area (Å²) in [5.41, 5.74) is 1.86. The van der Waals surface area contributed by atoms with Gasteiger partial charge in [-0.3, -0.25) is 0 Å². The molecule has 2 aromatic heterocycles. The molecule has 1 aromatic carbocycles. The highest BCUT2D eigenvalue weighted by Gasteiger charge is 2.67. The third-order valence-corrected chi connectivity index (χ3v) is 8.28. The summed E-state index contributed by atoms with van der Waals surface area (Å²) in [5, 5.41) is 18.3. The van der Waals surface area contributed by atoms with Crippen molar-refractivity contribution < 1.29 is 23.0 Å². The van der Waals surface area contributed by atoms with E-state index in [1.54, 1.807) is 0 Å². The Balaban J connectivity index is 1.40. The number of benzene rings is 1. The van der Waals surface area contributed by atoms with Crippen molar-refractivity contribution in [2.24, 2.45) is 5.41 Å². The zero-order valence-corrected chi connectivity index (χ0v) is 19.1. The number of halogens is 2. The number of ether oxygens (including phenoxy) is 1. The van der Waals surface area contributed by atoms with Crippen LogP contribution in [0.1, 0.15) is 49.6 Å². The molecule has 9 heteroatoms. The van der Waals surface area contributed by atoms with Crippen LogP contribution in [0.2, 0.25) is 0 Å². The summed E-state index contributed by atoms with van der Waals surface area (Å²) in [6, 6.07) is 6.11. The Bertz CT molecular complexity index is 1240. The predicted molar refractivity (Wildman–Crippen MR) is 119 cm³/mol. The maximum atomic E-state index is 14.5. The molecule has 2 aliphatic carbocycles. The molecule has 3 atom stereocenters. The van der Waals surface area contributed by atoms with Crippen LogP contribution in [-0.4, -0.2) is 46.1 Å². The number of morpholine rings is 1. The van der Waals surface area contributed by atoms with Crippen LogP contribution in [0.3, 0.4) is 0 Å². The SMILES string of the molecule is CC1(C)C2CCC1(C1CN(c3nc(CO)co3)CCO1)c1nnc(-c3c(F)cccc3F)cc12. The minimum Gasteiger partial charge on any atom is -0.432 e. The van der Waals surface area contributed by atoms with Gasteiger partial charge in [-0.15, -0.1) is 0 Å². The standard InChI is InChI=1S/C25H26F2N4O3/c1-24(2)16-6-7-25(24,20-11-31(8-9-33-20)23-28-14(12-32)13-34-23)22-15(16)10-19(29-30-22)21-17(26)4-3-5-18(21)27/h3-5,10,13,16,20,32H,6-9,11-12H2,1-2H3. The van der Waals surface area contributed by atoms with Gasteiger partial charge in [0.15, 0.2) is 0 Å². The molecule has 1 saturated carbocycles. The second kappa shape index (κ2) is 7.55. The Morgan fingerprint density at radius 3 is 2.74 bits per heavy atom. The molecule has 0 amide bonds. The van der Waals surface area contributed by atoms with E-state index >= 15 is 0 Å². The van der Waals surface area contributed by atoms with Crippen LogP contribution in [0.25, 0.3) is 11.3 Å². The van der Waals surface area contributed by atoms with Gasteiger partial charge in [0.05, 0.1) is 36.3 Å². The molecule has 1 saturated heterocycles. The molecule has 1 N–H and O–H groups in total. The number of hydrogen-bond acceptors (Lipinski definition) is 7. The summed E-state index contributed by atoms with van der Waals surface area (Å²) in [6.07, 6.45) is 3.12. The third-order valence-electron chi connectivity index (χ3n) is 8.28. The summed E-state index contributed by atoms with van der Waals surface area (Å²) < 4.78 is 40.9. The van der Waals surface area contributed by atoms with Gasteiger partial charge >= 0.3 is 0 Å². The van der Waals surface area contributed by atoms with Crippen LogP contribution in [0.15, 0.2) is 34.9 Å². The molecule has 7 nitrogen and oxygen atoms in total. The monoisotopic (exact) mass is 468 g/mol. The van der Waals surface area contributed by atoms with E-state index in [-0.39, 0.29) is 35.3 Å². The first-order valence-corrected chi connectivity index (χ1v) is 11.6. The van der Waals surface area contributed by atoms with E-state index in [0.717, 1.165) is 24.1 Å². The summed E-state index contributed by atoms with van der Waals surface area (Å²) in [4.78, 5) is 6.41. The zero-order valence-electron chi connectivity index (χ0n) is 19.1. The molecular weight excluding hydrogens is 442 g/mol. The van der Waals surface area contributed by atoms with Crippen LogP contribution in [0, 0.1) is 17.0 Å². The van der Waals surface area contributed by atoms with Gasteiger partial charge in [-0.2, -0.15) is 15.2 Å². The average Bonchev–Trinajstić information content (AvgIpc) is 3.47. The average molecular weight is 469 g/mol. The molecule has 3 aromatic rings. The molecule has 3 aliphatic rings. The largest absolute Gasteiger partial charge is 0.432 e. The lowest BCUT2D eigenvalue weighted by Gasteiger charge is -2.47. The normalized spacial score (nSPS) is 27.3. The van der Waals surface area contributed by atoms with E-state index in [0.29, 0.717) is 31.4 Å². The first-order valence-electron chi connectivity index (χ1n) is 11.6. The van der Waals surface area contributed by atoms with E-state index < -0.39 is 17.0 Å².